The van der Waals surface area contributed by atoms with Crippen LogP contribution in [0.1, 0.15) is 29.0 Å². The SMILES string of the molecule is COc1ccccc1-c1cc(C(=O)NC(C)c2ccccc2)nc2cc(-c3ccccc3)nn12. The molecular weight excluding hydrogens is 424 g/mol. The highest BCUT2D eigenvalue weighted by Crippen LogP contribution is 2.31. The Balaban J connectivity index is 1.62. The minimum Gasteiger partial charge on any atom is -0.496 e. The fourth-order valence-electron chi connectivity index (χ4n) is 3.98. The van der Waals surface area contributed by atoms with Crippen LogP contribution < -0.4 is 10.1 Å². The van der Waals surface area contributed by atoms with Crippen LogP contribution in [0.25, 0.3) is 28.2 Å². The molecule has 1 amide bonds. The number of amides is 1. The molecule has 6 heteroatoms. The Morgan fingerprint density at radius 2 is 1.59 bits per heavy atom. The lowest BCUT2D eigenvalue weighted by atomic mass is 10.1. The first-order chi connectivity index (χ1) is 16.6. The number of fused-ring (bicyclic) bond motifs is 1. The van der Waals surface area contributed by atoms with E-state index in [9.17, 15) is 4.79 Å². The predicted octanol–water partition coefficient (Wildman–Crippen LogP) is 5.56. The van der Waals surface area contributed by atoms with Crippen molar-refractivity contribution in [3.8, 4) is 28.3 Å². The molecule has 0 saturated carbocycles. The summed E-state index contributed by atoms with van der Waals surface area (Å²) in [7, 11) is 1.63. The number of nitrogens with zero attached hydrogens (tertiary/aromatic N) is 3. The van der Waals surface area contributed by atoms with E-state index in [1.54, 1.807) is 17.7 Å². The van der Waals surface area contributed by atoms with Crippen molar-refractivity contribution >= 4 is 11.6 Å². The molecule has 0 aliphatic carbocycles. The number of aromatic nitrogens is 3. The average molecular weight is 449 g/mol. The second-order valence-electron chi connectivity index (χ2n) is 8.00. The molecule has 0 saturated heterocycles. The number of carbonyl (C=O) groups excluding carboxylic acids is 1. The molecule has 2 heterocycles. The maximum atomic E-state index is 13.3. The number of hydrogen-bond acceptors (Lipinski definition) is 4. The Morgan fingerprint density at radius 1 is 0.912 bits per heavy atom. The quantitative estimate of drug-likeness (QED) is 0.369. The van der Waals surface area contributed by atoms with Gasteiger partial charge in [0.05, 0.1) is 24.5 Å². The van der Waals surface area contributed by atoms with E-state index in [2.05, 4.69) is 10.3 Å². The largest absolute Gasteiger partial charge is 0.496 e. The Labute approximate surface area is 197 Å². The number of ether oxygens (including phenoxy) is 1. The Bertz CT molecular complexity index is 1450. The van der Waals surface area contributed by atoms with Crippen LogP contribution >= 0.6 is 0 Å². The van der Waals surface area contributed by atoms with Crippen LogP contribution in [0, 0.1) is 0 Å². The lowest BCUT2D eigenvalue weighted by Gasteiger charge is -2.15. The normalized spacial score (nSPS) is 11.8. The van der Waals surface area contributed by atoms with Crippen LogP contribution in [0.15, 0.2) is 97.1 Å². The summed E-state index contributed by atoms with van der Waals surface area (Å²) < 4.78 is 7.36. The van der Waals surface area contributed by atoms with Gasteiger partial charge in [0.15, 0.2) is 5.65 Å². The van der Waals surface area contributed by atoms with Crippen LogP contribution in [0.3, 0.4) is 0 Å². The van der Waals surface area contributed by atoms with E-state index in [1.807, 2.05) is 97.9 Å². The van der Waals surface area contributed by atoms with Gasteiger partial charge in [0.1, 0.15) is 11.4 Å². The Kier molecular flexibility index (Phi) is 5.79. The van der Waals surface area contributed by atoms with Gasteiger partial charge in [0, 0.05) is 17.2 Å². The number of nitrogens with one attached hydrogen (secondary N) is 1. The zero-order chi connectivity index (χ0) is 23.5. The summed E-state index contributed by atoms with van der Waals surface area (Å²) in [6.07, 6.45) is 0. The van der Waals surface area contributed by atoms with Gasteiger partial charge in [0.2, 0.25) is 0 Å². The van der Waals surface area contributed by atoms with Crippen molar-refractivity contribution in [3.63, 3.8) is 0 Å². The highest BCUT2D eigenvalue weighted by Gasteiger charge is 2.19. The van der Waals surface area contributed by atoms with Crippen LogP contribution in [0.2, 0.25) is 0 Å². The van der Waals surface area contributed by atoms with Crippen molar-refractivity contribution in [2.24, 2.45) is 0 Å². The monoisotopic (exact) mass is 448 g/mol. The van der Waals surface area contributed by atoms with Gasteiger partial charge < -0.3 is 10.1 Å². The smallest absolute Gasteiger partial charge is 0.270 e. The van der Waals surface area contributed by atoms with Gasteiger partial charge in [-0.1, -0.05) is 72.8 Å². The summed E-state index contributed by atoms with van der Waals surface area (Å²) in [6.45, 7) is 1.96. The molecule has 2 aromatic heterocycles. The van der Waals surface area contributed by atoms with Crippen LogP contribution in [-0.2, 0) is 0 Å². The third-order valence-corrected chi connectivity index (χ3v) is 5.76. The van der Waals surface area contributed by atoms with E-state index in [0.717, 1.165) is 28.1 Å². The first-order valence-corrected chi connectivity index (χ1v) is 11.1. The fraction of sp³-hybridized carbons (Fsp3) is 0.107. The third-order valence-electron chi connectivity index (χ3n) is 5.76. The minimum absolute atomic E-state index is 0.161. The minimum atomic E-state index is -0.252. The zero-order valence-electron chi connectivity index (χ0n) is 19.0. The predicted molar refractivity (Wildman–Crippen MR) is 133 cm³/mol. The molecule has 0 spiro atoms. The van der Waals surface area contributed by atoms with Gasteiger partial charge in [-0.3, -0.25) is 4.79 Å². The van der Waals surface area contributed by atoms with E-state index in [4.69, 9.17) is 9.84 Å². The topological polar surface area (TPSA) is 68.5 Å². The van der Waals surface area contributed by atoms with Gasteiger partial charge in [-0.15, -0.1) is 0 Å². The summed E-state index contributed by atoms with van der Waals surface area (Å²) in [5.74, 6) is 0.438. The average Bonchev–Trinajstić information content (AvgIpc) is 3.33. The number of methoxy groups -OCH3 is 1. The summed E-state index contributed by atoms with van der Waals surface area (Å²) in [5.41, 5.74) is 5.22. The van der Waals surface area contributed by atoms with Gasteiger partial charge in [-0.05, 0) is 30.7 Å². The van der Waals surface area contributed by atoms with Crippen LogP contribution in [0.4, 0.5) is 0 Å². The molecule has 1 N–H and O–H groups in total. The molecule has 0 radical (unpaired) electrons. The highest BCUT2D eigenvalue weighted by molar-refractivity contribution is 5.94. The first kappa shape index (κ1) is 21.4. The van der Waals surface area contributed by atoms with E-state index in [0.29, 0.717) is 17.1 Å². The maximum absolute atomic E-state index is 13.3. The lowest BCUT2D eigenvalue weighted by Crippen LogP contribution is -2.27. The number of hydrogen-bond donors (Lipinski definition) is 1. The third kappa shape index (κ3) is 4.13. The number of carbonyl (C=O) groups is 1. The van der Waals surface area contributed by atoms with Crippen molar-refractivity contribution in [1.29, 1.82) is 0 Å². The number of para-hydroxylation sites is 1. The fourth-order valence-corrected chi connectivity index (χ4v) is 3.98. The van der Waals surface area contributed by atoms with Crippen molar-refractivity contribution in [1.82, 2.24) is 19.9 Å². The molecule has 0 aliphatic rings. The van der Waals surface area contributed by atoms with Gasteiger partial charge >= 0.3 is 0 Å². The van der Waals surface area contributed by atoms with Gasteiger partial charge in [-0.2, -0.15) is 5.10 Å². The first-order valence-electron chi connectivity index (χ1n) is 11.1. The summed E-state index contributed by atoms with van der Waals surface area (Å²) in [6, 6.07) is 30.9. The zero-order valence-corrected chi connectivity index (χ0v) is 19.0. The van der Waals surface area contributed by atoms with Crippen molar-refractivity contribution in [3.05, 3.63) is 108 Å². The van der Waals surface area contributed by atoms with E-state index in [1.165, 1.54) is 0 Å². The molecule has 5 rings (SSSR count). The molecule has 0 bridgehead atoms. The van der Waals surface area contributed by atoms with Crippen molar-refractivity contribution in [2.75, 3.05) is 7.11 Å². The van der Waals surface area contributed by atoms with Gasteiger partial charge in [-0.25, -0.2) is 9.50 Å². The van der Waals surface area contributed by atoms with E-state index < -0.39 is 0 Å². The van der Waals surface area contributed by atoms with Crippen LogP contribution in [0.5, 0.6) is 5.75 Å². The second kappa shape index (κ2) is 9.19. The van der Waals surface area contributed by atoms with E-state index >= 15 is 0 Å². The highest BCUT2D eigenvalue weighted by atomic mass is 16.5. The number of rotatable bonds is 6. The summed E-state index contributed by atoms with van der Waals surface area (Å²) in [5, 5.41) is 7.87. The maximum Gasteiger partial charge on any atom is 0.270 e. The lowest BCUT2D eigenvalue weighted by molar-refractivity contribution is 0.0935. The van der Waals surface area contributed by atoms with Crippen LogP contribution in [-0.4, -0.2) is 27.6 Å². The molecule has 0 fully saturated rings. The molecule has 1 atom stereocenters. The molecule has 34 heavy (non-hydrogen) atoms. The molecule has 3 aromatic carbocycles. The molecule has 5 aromatic rings. The standard InChI is InChI=1S/C28H24N4O2/c1-19(20-11-5-3-6-12-20)29-28(33)24-17-25(22-15-9-10-16-26(22)34-2)32-27(30-24)18-23(31-32)21-13-7-4-8-14-21/h3-19H,1-2H3,(H,29,33). The molecule has 0 aliphatic heterocycles. The molecule has 6 nitrogen and oxygen atoms in total. The molecule has 168 valence electrons. The van der Waals surface area contributed by atoms with E-state index in [-0.39, 0.29) is 11.9 Å². The molecular formula is C28H24N4O2. The Hall–Kier alpha value is -4.45. The summed E-state index contributed by atoms with van der Waals surface area (Å²) in [4.78, 5) is 17.9. The van der Waals surface area contributed by atoms with Crippen molar-refractivity contribution < 1.29 is 9.53 Å². The van der Waals surface area contributed by atoms with Crippen molar-refractivity contribution in [2.45, 2.75) is 13.0 Å². The summed E-state index contributed by atoms with van der Waals surface area (Å²) >= 11 is 0. The second-order valence-corrected chi connectivity index (χ2v) is 8.00. The molecule has 1 unspecified atom stereocenters. The van der Waals surface area contributed by atoms with Gasteiger partial charge in [0.25, 0.3) is 5.91 Å². The number of benzene rings is 3. The Morgan fingerprint density at radius 3 is 2.32 bits per heavy atom.